The predicted molar refractivity (Wildman–Crippen MR) is 96.6 cm³/mol. The Morgan fingerprint density at radius 2 is 1.96 bits per heavy atom. The van der Waals surface area contributed by atoms with Crippen LogP contribution < -0.4 is 5.32 Å². The third kappa shape index (κ3) is 4.35. The van der Waals surface area contributed by atoms with Crippen molar-refractivity contribution in [2.45, 2.75) is 37.0 Å². The van der Waals surface area contributed by atoms with Crippen molar-refractivity contribution in [3.63, 3.8) is 0 Å². The number of amides is 2. The highest BCUT2D eigenvalue weighted by Gasteiger charge is 2.47. The van der Waals surface area contributed by atoms with Crippen LogP contribution in [0.15, 0.2) is 30.3 Å². The van der Waals surface area contributed by atoms with Gasteiger partial charge in [0.05, 0.1) is 11.0 Å². The molecule has 0 aromatic heterocycles. The second-order valence-corrected chi connectivity index (χ2v) is 9.47. The number of hydrogen-bond acceptors (Lipinski definition) is 4. The smallest absolute Gasteiger partial charge is 0.317 e. The molecular formula is C18H24N2O5S. The van der Waals surface area contributed by atoms with Crippen molar-refractivity contribution in [1.29, 1.82) is 0 Å². The van der Waals surface area contributed by atoms with Gasteiger partial charge >= 0.3 is 12.0 Å². The van der Waals surface area contributed by atoms with Crippen molar-refractivity contribution in [3.8, 4) is 0 Å². The number of fused-ring (bicyclic) bond motifs is 1. The zero-order valence-electron chi connectivity index (χ0n) is 14.5. The zero-order chi connectivity index (χ0) is 18.7. The lowest BCUT2D eigenvalue weighted by Gasteiger charge is -2.24. The van der Waals surface area contributed by atoms with Gasteiger partial charge in [-0.05, 0) is 30.7 Å². The van der Waals surface area contributed by atoms with Gasteiger partial charge in [0.15, 0.2) is 9.84 Å². The van der Waals surface area contributed by atoms with Crippen molar-refractivity contribution in [3.05, 3.63) is 35.9 Å². The van der Waals surface area contributed by atoms with Crippen LogP contribution in [-0.4, -0.2) is 60.6 Å². The van der Waals surface area contributed by atoms with Gasteiger partial charge in [0.25, 0.3) is 0 Å². The number of carbonyl (C=O) groups is 2. The van der Waals surface area contributed by atoms with Gasteiger partial charge in [-0.3, -0.25) is 4.79 Å². The lowest BCUT2D eigenvalue weighted by Crippen LogP contribution is -2.45. The van der Waals surface area contributed by atoms with Crippen molar-refractivity contribution >= 4 is 21.8 Å². The molecule has 1 aromatic carbocycles. The third-order valence-corrected chi connectivity index (χ3v) is 7.52. The highest BCUT2D eigenvalue weighted by atomic mass is 32.2. The SMILES string of the molecule is O=C(O)CCC(Cc1ccccc1)NC(=O)N1C[C@@H]2CCS(=O)(=O)[C@@H]2C1. The van der Waals surface area contributed by atoms with Crippen LogP contribution in [-0.2, 0) is 21.1 Å². The molecule has 0 spiro atoms. The maximum absolute atomic E-state index is 12.6. The highest BCUT2D eigenvalue weighted by molar-refractivity contribution is 7.92. The lowest BCUT2D eigenvalue weighted by molar-refractivity contribution is -0.137. The molecule has 0 radical (unpaired) electrons. The van der Waals surface area contributed by atoms with Crippen LogP contribution in [0.3, 0.4) is 0 Å². The summed E-state index contributed by atoms with van der Waals surface area (Å²) >= 11 is 0. The average Bonchev–Trinajstić information content (AvgIpc) is 3.14. The van der Waals surface area contributed by atoms with Gasteiger partial charge in [-0.25, -0.2) is 13.2 Å². The van der Waals surface area contributed by atoms with Crippen LogP contribution in [0.5, 0.6) is 0 Å². The molecule has 2 aliphatic rings. The molecule has 7 nitrogen and oxygen atoms in total. The number of nitrogens with one attached hydrogen (secondary N) is 1. The van der Waals surface area contributed by atoms with Crippen LogP contribution >= 0.6 is 0 Å². The number of urea groups is 1. The van der Waals surface area contributed by atoms with E-state index in [1.54, 1.807) is 4.90 Å². The Bertz CT molecular complexity index is 765. The van der Waals surface area contributed by atoms with Gasteiger partial charge in [0.1, 0.15) is 0 Å². The van der Waals surface area contributed by atoms with E-state index in [0.717, 1.165) is 5.56 Å². The molecule has 3 atom stereocenters. The summed E-state index contributed by atoms with van der Waals surface area (Å²) in [6.45, 7) is 0.683. The number of nitrogens with zero attached hydrogens (tertiary/aromatic N) is 1. The minimum absolute atomic E-state index is 0.0253. The molecule has 1 unspecified atom stereocenters. The van der Waals surface area contributed by atoms with Crippen LogP contribution in [0.25, 0.3) is 0 Å². The fourth-order valence-electron chi connectivity index (χ4n) is 3.85. The quantitative estimate of drug-likeness (QED) is 0.774. The van der Waals surface area contributed by atoms with E-state index in [1.807, 2.05) is 30.3 Å². The molecule has 2 saturated heterocycles. The molecule has 8 heteroatoms. The summed E-state index contributed by atoms with van der Waals surface area (Å²) in [7, 11) is -3.09. The summed E-state index contributed by atoms with van der Waals surface area (Å²) in [5, 5.41) is 11.4. The number of likely N-dealkylation sites (tertiary alicyclic amines) is 1. The van der Waals surface area contributed by atoms with E-state index >= 15 is 0 Å². The molecule has 0 bridgehead atoms. The molecule has 2 N–H and O–H groups in total. The molecular weight excluding hydrogens is 356 g/mol. The molecule has 26 heavy (non-hydrogen) atoms. The van der Waals surface area contributed by atoms with Crippen molar-refractivity contribution in [1.82, 2.24) is 10.2 Å². The Morgan fingerprint density at radius 1 is 1.23 bits per heavy atom. The van der Waals surface area contributed by atoms with Crippen molar-refractivity contribution < 1.29 is 23.1 Å². The first-order valence-corrected chi connectivity index (χ1v) is 10.6. The maximum Gasteiger partial charge on any atom is 0.317 e. The summed E-state index contributed by atoms with van der Waals surface area (Å²) in [4.78, 5) is 25.1. The van der Waals surface area contributed by atoms with E-state index in [1.165, 1.54) is 0 Å². The summed E-state index contributed by atoms with van der Waals surface area (Å²) in [6, 6.07) is 8.96. The number of carboxylic acids is 1. The first-order valence-electron chi connectivity index (χ1n) is 8.88. The number of rotatable bonds is 6. The lowest BCUT2D eigenvalue weighted by atomic mass is 10.0. The first kappa shape index (κ1) is 18.7. The van der Waals surface area contributed by atoms with Gasteiger partial charge in [-0.2, -0.15) is 0 Å². The number of benzene rings is 1. The molecule has 0 aliphatic carbocycles. The van der Waals surface area contributed by atoms with Gasteiger partial charge in [0.2, 0.25) is 0 Å². The Hall–Kier alpha value is -2.09. The van der Waals surface area contributed by atoms with Gasteiger partial charge in [-0.1, -0.05) is 30.3 Å². The van der Waals surface area contributed by atoms with Crippen LogP contribution in [0.2, 0.25) is 0 Å². The molecule has 2 fully saturated rings. The Labute approximate surface area is 153 Å². The van der Waals surface area contributed by atoms with Crippen LogP contribution in [0, 0.1) is 5.92 Å². The standard InChI is InChI=1S/C18H24N2O5S/c21-17(22)7-6-15(10-13-4-2-1-3-5-13)19-18(23)20-11-14-8-9-26(24,25)16(14)12-20/h1-5,14-16H,6-12H2,(H,19,23)(H,21,22)/t14-,15?,16+/m0/s1. The highest BCUT2D eigenvalue weighted by Crippen LogP contribution is 2.33. The molecule has 142 valence electrons. The van der Waals surface area contributed by atoms with Crippen molar-refractivity contribution in [2.75, 3.05) is 18.8 Å². The maximum atomic E-state index is 12.6. The predicted octanol–water partition coefficient (Wildman–Crippen LogP) is 1.29. The van der Waals surface area contributed by atoms with E-state index in [-0.39, 0.29) is 36.7 Å². The summed E-state index contributed by atoms with van der Waals surface area (Å²) in [5.41, 5.74) is 1.02. The summed E-state index contributed by atoms with van der Waals surface area (Å²) < 4.78 is 24.1. The monoisotopic (exact) mass is 380 g/mol. The molecule has 1 aromatic rings. The van der Waals surface area contributed by atoms with E-state index < -0.39 is 21.1 Å². The molecule has 2 aliphatic heterocycles. The van der Waals surface area contributed by atoms with Crippen molar-refractivity contribution in [2.24, 2.45) is 5.92 Å². The average molecular weight is 380 g/mol. The fourth-order valence-corrected chi connectivity index (χ4v) is 6.00. The summed E-state index contributed by atoms with van der Waals surface area (Å²) in [6.07, 6.45) is 1.45. The molecule has 3 rings (SSSR count). The van der Waals surface area contributed by atoms with E-state index in [4.69, 9.17) is 5.11 Å². The largest absolute Gasteiger partial charge is 0.481 e. The second kappa shape index (κ2) is 7.65. The topological polar surface area (TPSA) is 104 Å². The number of carbonyl (C=O) groups excluding carboxylic acids is 1. The second-order valence-electron chi connectivity index (χ2n) is 7.13. The zero-order valence-corrected chi connectivity index (χ0v) is 15.3. The number of hydrogen-bond donors (Lipinski definition) is 2. The third-order valence-electron chi connectivity index (χ3n) is 5.26. The number of sulfone groups is 1. The van der Waals surface area contributed by atoms with E-state index in [9.17, 15) is 18.0 Å². The number of carboxylic acid groups (broad SMARTS) is 1. The van der Waals surface area contributed by atoms with Crippen LogP contribution in [0.1, 0.15) is 24.8 Å². The van der Waals surface area contributed by atoms with E-state index in [0.29, 0.717) is 25.8 Å². The van der Waals surface area contributed by atoms with Gasteiger partial charge in [-0.15, -0.1) is 0 Å². The molecule has 2 amide bonds. The Balaban J connectivity index is 1.62. The minimum Gasteiger partial charge on any atom is -0.481 e. The fraction of sp³-hybridized carbons (Fsp3) is 0.556. The summed E-state index contributed by atoms with van der Waals surface area (Å²) in [5.74, 6) is -0.663. The molecule has 0 saturated carbocycles. The van der Waals surface area contributed by atoms with Gasteiger partial charge < -0.3 is 15.3 Å². The number of aliphatic carboxylic acids is 1. The van der Waals surface area contributed by atoms with Crippen LogP contribution in [0.4, 0.5) is 4.79 Å². The minimum atomic E-state index is -3.09. The van der Waals surface area contributed by atoms with E-state index in [2.05, 4.69) is 5.32 Å². The Morgan fingerprint density at radius 3 is 2.62 bits per heavy atom. The molecule has 2 heterocycles. The normalized spacial score (nSPS) is 24.8. The first-order chi connectivity index (χ1) is 12.3. The Kier molecular flexibility index (Phi) is 5.50. The van der Waals surface area contributed by atoms with Gasteiger partial charge in [0, 0.05) is 25.6 Å².